The van der Waals surface area contributed by atoms with E-state index in [1.807, 2.05) is 58.0 Å². The van der Waals surface area contributed by atoms with E-state index in [0.717, 1.165) is 27.9 Å². The third kappa shape index (κ3) is 2.49. The second-order valence-electron chi connectivity index (χ2n) is 7.14. The molecule has 6 heteroatoms. The molecule has 0 N–H and O–H groups in total. The van der Waals surface area contributed by atoms with Crippen LogP contribution in [0.15, 0.2) is 46.7 Å². The maximum Gasteiger partial charge on any atom is 0.263 e. The number of carbonyl (C=O) groups excluding carboxylic acids is 2. The van der Waals surface area contributed by atoms with Crippen molar-refractivity contribution in [3.05, 3.63) is 58.7 Å². The van der Waals surface area contributed by atoms with Crippen molar-refractivity contribution in [2.75, 3.05) is 9.91 Å². The van der Waals surface area contributed by atoms with Gasteiger partial charge in [0, 0.05) is 0 Å². The fraction of sp³-hybridized carbons (Fsp3) is 0.300. The Morgan fingerprint density at radius 2 is 1.23 bits per heavy atom. The van der Waals surface area contributed by atoms with E-state index < -0.39 is 12.1 Å². The van der Waals surface area contributed by atoms with Crippen LogP contribution in [0.4, 0.5) is 11.4 Å². The summed E-state index contributed by atoms with van der Waals surface area (Å²) in [4.78, 5) is 27.2. The number of hydrogen-bond acceptors (Lipinski definition) is 5. The van der Waals surface area contributed by atoms with Crippen LogP contribution >= 0.6 is 0 Å². The molecule has 0 radical (unpaired) electrons. The average molecular weight is 348 g/mol. The Balaban J connectivity index is 1.74. The largest absolute Gasteiger partial charge is 0.271 e. The van der Waals surface area contributed by atoms with Crippen molar-refractivity contribution in [3.63, 3.8) is 0 Å². The summed E-state index contributed by atoms with van der Waals surface area (Å²) in [6.45, 7) is 7.88. The molecule has 0 unspecified atom stereocenters. The molecule has 0 bridgehead atoms. The molecule has 0 aromatic heterocycles. The SMILES string of the molecule is Cc1cc(C)cc(N2C(=O)[C@@H]3N=NN(c4cc(C)cc(C)c4)[C@H]3C2=O)c1. The van der Waals surface area contributed by atoms with Gasteiger partial charge in [-0.05, 0) is 74.2 Å². The molecule has 26 heavy (non-hydrogen) atoms. The molecule has 4 rings (SSSR count). The zero-order valence-electron chi connectivity index (χ0n) is 15.2. The summed E-state index contributed by atoms with van der Waals surface area (Å²) >= 11 is 0. The number of benzene rings is 2. The Hall–Kier alpha value is -3.02. The first-order valence-corrected chi connectivity index (χ1v) is 8.59. The van der Waals surface area contributed by atoms with Crippen LogP contribution in [0.25, 0.3) is 0 Å². The molecule has 0 saturated carbocycles. The molecule has 2 aliphatic heterocycles. The number of rotatable bonds is 2. The van der Waals surface area contributed by atoms with Crippen LogP contribution in [0.5, 0.6) is 0 Å². The maximum atomic E-state index is 13.1. The summed E-state index contributed by atoms with van der Waals surface area (Å²) in [6.07, 6.45) is 0. The first kappa shape index (κ1) is 16.4. The minimum atomic E-state index is -0.788. The number of carbonyl (C=O) groups is 2. The number of hydrogen-bond donors (Lipinski definition) is 0. The predicted molar refractivity (Wildman–Crippen MR) is 99.2 cm³/mol. The lowest BCUT2D eigenvalue weighted by molar-refractivity contribution is -0.121. The van der Waals surface area contributed by atoms with Crippen LogP contribution in [0.2, 0.25) is 0 Å². The topological polar surface area (TPSA) is 65.3 Å². The van der Waals surface area contributed by atoms with Gasteiger partial charge in [-0.1, -0.05) is 17.4 Å². The quantitative estimate of drug-likeness (QED) is 0.781. The van der Waals surface area contributed by atoms with E-state index in [9.17, 15) is 9.59 Å². The number of fused-ring (bicyclic) bond motifs is 1. The molecule has 2 atom stereocenters. The summed E-state index contributed by atoms with van der Waals surface area (Å²) in [5.74, 6) is -0.602. The van der Waals surface area contributed by atoms with Crippen LogP contribution in [0.1, 0.15) is 22.3 Å². The average Bonchev–Trinajstić information content (AvgIpc) is 3.06. The number of aryl methyl sites for hydroxylation is 4. The monoisotopic (exact) mass is 348 g/mol. The van der Waals surface area contributed by atoms with Gasteiger partial charge in [-0.3, -0.25) is 9.59 Å². The van der Waals surface area contributed by atoms with Crippen molar-refractivity contribution in [1.82, 2.24) is 0 Å². The van der Waals surface area contributed by atoms with Crippen LogP contribution in [0, 0.1) is 27.7 Å². The standard InChI is InChI=1S/C20H20N4O2/c1-11-5-12(2)8-15(7-11)23-19(25)17-18(20(23)26)24(22-21-17)16-9-13(3)6-14(4)10-16/h5-10,17-18H,1-4H3/t17-,18-/m1/s1. The minimum absolute atomic E-state index is 0.283. The van der Waals surface area contributed by atoms with E-state index in [2.05, 4.69) is 16.4 Å². The second-order valence-corrected chi connectivity index (χ2v) is 7.14. The molecule has 0 aliphatic carbocycles. The highest BCUT2D eigenvalue weighted by Gasteiger charge is 2.55. The zero-order valence-corrected chi connectivity index (χ0v) is 15.2. The van der Waals surface area contributed by atoms with Gasteiger partial charge in [0.1, 0.15) is 0 Å². The van der Waals surface area contributed by atoms with Crippen molar-refractivity contribution in [1.29, 1.82) is 0 Å². The zero-order chi connectivity index (χ0) is 18.6. The fourth-order valence-corrected chi connectivity index (χ4v) is 3.79. The first-order valence-electron chi connectivity index (χ1n) is 8.59. The highest BCUT2D eigenvalue weighted by atomic mass is 16.2. The van der Waals surface area contributed by atoms with Crippen LogP contribution in [-0.4, -0.2) is 23.9 Å². The summed E-state index contributed by atoms with van der Waals surface area (Å²) in [5, 5.41) is 9.81. The first-order chi connectivity index (χ1) is 12.3. The molecule has 2 aliphatic rings. The van der Waals surface area contributed by atoms with Gasteiger partial charge in [-0.25, -0.2) is 9.91 Å². The van der Waals surface area contributed by atoms with Gasteiger partial charge in [0.2, 0.25) is 0 Å². The highest BCUT2D eigenvalue weighted by molar-refractivity contribution is 6.26. The van der Waals surface area contributed by atoms with Gasteiger partial charge < -0.3 is 0 Å². The summed E-state index contributed by atoms with van der Waals surface area (Å²) < 4.78 is 0. The normalized spacial score (nSPS) is 21.7. The lowest BCUT2D eigenvalue weighted by Crippen LogP contribution is -2.40. The lowest BCUT2D eigenvalue weighted by Gasteiger charge is -2.21. The molecule has 2 aromatic carbocycles. The van der Waals surface area contributed by atoms with E-state index in [1.165, 1.54) is 4.90 Å². The predicted octanol–water partition coefficient (Wildman–Crippen LogP) is 3.42. The van der Waals surface area contributed by atoms with Crippen molar-refractivity contribution >= 4 is 23.2 Å². The summed E-state index contributed by atoms with van der Waals surface area (Å²) in [5.41, 5.74) is 5.53. The molecule has 2 amide bonds. The molecule has 1 saturated heterocycles. The number of anilines is 2. The molecule has 2 aromatic rings. The Kier molecular flexibility index (Phi) is 3.64. The molecule has 0 spiro atoms. The van der Waals surface area contributed by atoms with E-state index in [0.29, 0.717) is 5.69 Å². The van der Waals surface area contributed by atoms with E-state index in [1.54, 1.807) is 5.01 Å². The lowest BCUT2D eigenvalue weighted by atomic mass is 10.1. The number of imide groups is 1. The van der Waals surface area contributed by atoms with Crippen LogP contribution < -0.4 is 9.91 Å². The van der Waals surface area contributed by atoms with E-state index in [4.69, 9.17) is 0 Å². The number of nitrogens with zero attached hydrogens (tertiary/aromatic N) is 4. The Labute approximate surface area is 152 Å². The molecule has 132 valence electrons. The molecule has 2 heterocycles. The Morgan fingerprint density at radius 3 is 1.77 bits per heavy atom. The maximum absolute atomic E-state index is 13.1. The van der Waals surface area contributed by atoms with E-state index in [-0.39, 0.29) is 11.8 Å². The van der Waals surface area contributed by atoms with Crippen molar-refractivity contribution in [3.8, 4) is 0 Å². The van der Waals surface area contributed by atoms with E-state index >= 15 is 0 Å². The molecule has 6 nitrogen and oxygen atoms in total. The molecule has 1 fully saturated rings. The smallest absolute Gasteiger partial charge is 0.263 e. The van der Waals surface area contributed by atoms with Crippen molar-refractivity contribution in [2.45, 2.75) is 39.8 Å². The second kappa shape index (κ2) is 5.76. The highest BCUT2D eigenvalue weighted by Crippen LogP contribution is 2.36. The van der Waals surface area contributed by atoms with Gasteiger partial charge >= 0.3 is 0 Å². The third-order valence-electron chi connectivity index (χ3n) is 4.72. The van der Waals surface area contributed by atoms with Crippen LogP contribution in [-0.2, 0) is 9.59 Å². The Morgan fingerprint density at radius 1 is 0.731 bits per heavy atom. The van der Waals surface area contributed by atoms with Crippen molar-refractivity contribution in [2.24, 2.45) is 10.3 Å². The van der Waals surface area contributed by atoms with Crippen LogP contribution in [0.3, 0.4) is 0 Å². The third-order valence-corrected chi connectivity index (χ3v) is 4.72. The number of amides is 2. The summed E-state index contributed by atoms with van der Waals surface area (Å²) in [7, 11) is 0. The molecular formula is C20H20N4O2. The van der Waals surface area contributed by atoms with Crippen molar-refractivity contribution < 1.29 is 9.59 Å². The summed E-state index contributed by atoms with van der Waals surface area (Å²) in [6, 6.07) is 10.2. The Bertz CT molecular complexity index is 926. The van der Waals surface area contributed by atoms with Gasteiger partial charge in [0.05, 0.1) is 11.4 Å². The fourth-order valence-electron chi connectivity index (χ4n) is 3.79. The van der Waals surface area contributed by atoms with Gasteiger partial charge in [0.25, 0.3) is 11.8 Å². The van der Waals surface area contributed by atoms with Gasteiger partial charge in [-0.15, -0.1) is 0 Å². The van der Waals surface area contributed by atoms with Gasteiger partial charge in [-0.2, -0.15) is 5.11 Å². The minimum Gasteiger partial charge on any atom is -0.271 e. The molecular weight excluding hydrogens is 328 g/mol. The van der Waals surface area contributed by atoms with Gasteiger partial charge in [0.15, 0.2) is 12.1 Å².